The number of benzene rings is 2. The van der Waals surface area contributed by atoms with Gasteiger partial charge in [-0.1, -0.05) is 52.3 Å². The number of carbonyl (C=O) groups excluding carboxylic acids is 3. The van der Waals surface area contributed by atoms with Crippen LogP contribution >= 0.6 is 15.9 Å². The van der Waals surface area contributed by atoms with E-state index in [0.717, 1.165) is 10.0 Å². The lowest BCUT2D eigenvalue weighted by Crippen LogP contribution is -2.49. The van der Waals surface area contributed by atoms with Gasteiger partial charge in [0.25, 0.3) is 5.91 Å². The van der Waals surface area contributed by atoms with Crippen LogP contribution in [0.4, 0.5) is 0 Å². The largest absolute Gasteiger partial charge is 0.368 e. The van der Waals surface area contributed by atoms with Gasteiger partial charge in [0.05, 0.1) is 6.54 Å². The number of rotatable bonds is 7. The molecular weight excluding hydrogens is 386 g/mol. The van der Waals surface area contributed by atoms with Crippen molar-refractivity contribution in [1.29, 1.82) is 0 Å². The van der Waals surface area contributed by atoms with Crippen LogP contribution in [0.1, 0.15) is 15.9 Å². The minimum absolute atomic E-state index is 0.246. The maximum absolute atomic E-state index is 12.0. The second-order valence-electron chi connectivity index (χ2n) is 5.41. The first kappa shape index (κ1) is 18.7. The molecule has 1 atom stereocenters. The number of primary amides is 1. The molecule has 2 rings (SSSR count). The Labute approximate surface area is 153 Å². The van der Waals surface area contributed by atoms with Crippen LogP contribution in [0.2, 0.25) is 0 Å². The van der Waals surface area contributed by atoms with Crippen molar-refractivity contribution in [1.82, 2.24) is 10.6 Å². The number of halogens is 1. The third-order valence-electron chi connectivity index (χ3n) is 3.46. The summed E-state index contributed by atoms with van der Waals surface area (Å²) < 4.78 is 0.765. The van der Waals surface area contributed by atoms with Crippen LogP contribution in [-0.2, 0) is 16.0 Å². The van der Waals surface area contributed by atoms with E-state index < -0.39 is 17.9 Å². The molecule has 0 saturated carbocycles. The molecule has 0 aliphatic carbocycles. The van der Waals surface area contributed by atoms with Crippen LogP contribution in [0.15, 0.2) is 59.1 Å². The summed E-state index contributed by atoms with van der Waals surface area (Å²) in [5, 5.41) is 5.06. The van der Waals surface area contributed by atoms with E-state index in [2.05, 4.69) is 26.6 Å². The number of amides is 3. The Morgan fingerprint density at radius 1 is 1.04 bits per heavy atom. The molecule has 0 aliphatic rings. The minimum Gasteiger partial charge on any atom is -0.368 e. The summed E-state index contributed by atoms with van der Waals surface area (Å²) in [6.07, 6.45) is 0.293. The fourth-order valence-corrected chi connectivity index (χ4v) is 2.61. The molecular formula is C18H18BrN3O3. The second-order valence-corrected chi connectivity index (χ2v) is 6.32. The molecule has 4 N–H and O–H groups in total. The molecule has 0 spiro atoms. The monoisotopic (exact) mass is 403 g/mol. The predicted molar refractivity (Wildman–Crippen MR) is 97.7 cm³/mol. The zero-order valence-corrected chi connectivity index (χ0v) is 15.0. The average Bonchev–Trinajstić information content (AvgIpc) is 2.60. The first-order chi connectivity index (χ1) is 12.0. The van der Waals surface area contributed by atoms with E-state index in [1.54, 1.807) is 24.3 Å². The molecule has 2 aromatic carbocycles. The van der Waals surface area contributed by atoms with Gasteiger partial charge >= 0.3 is 0 Å². The predicted octanol–water partition coefficient (Wildman–Crippen LogP) is 1.39. The molecule has 0 radical (unpaired) electrons. The van der Waals surface area contributed by atoms with Gasteiger partial charge in [0, 0.05) is 16.5 Å². The Balaban J connectivity index is 1.88. The fraction of sp³-hybridized carbons (Fsp3) is 0.167. The van der Waals surface area contributed by atoms with E-state index in [0.29, 0.717) is 12.0 Å². The van der Waals surface area contributed by atoms with Gasteiger partial charge in [-0.05, 0) is 23.8 Å². The lowest BCUT2D eigenvalue weighted by Gasteiger charge is -2.16. The molecule has 25 heavy (non-hydrogen) atoms. The first-order valence-electron chi connectivity index (χ1n) is 7.62. The molecule has 2 aromatic rings. The van der Waals surface area contributed by atoms with Crippen LogP contribution in [0.5, 0.6) is 0 Å². The molecule has 0 aliphatic heterocycles. The van der Waals surface area contributed by atoms with Crippen LogP contribution in [0.3, 0.4) is 0 Å². The van der Waals surface area contributed by atoms with E-state index >= 15 is 0 Å². The van der Waals surface area contributed by atoms with Crippen molar-refractivity contribution < 1.29 is 14.4 Å². The highest BCUT2D eigenvalue weighted by atomic mass is 79.9. The van der Waals surface area contributed by atoms with Crippen molar-refractivity contribution in [3.05, 3.63) is 70.2 Å². The Bertz CT molecular complexity index is 765. The molecule has 6 nitrogen and oxygen atoms in total. The lowest BCUT2D eigenvalue weighted by molar-refractivity contribution is -0.126. The van der Waals surface area contributed by atoms with Gasteiger partial charge in [-0.15, -0.1) is 0 Å². The summed E-state index contributed by atoms with van der Waals surface area (Å²) in [5.41, 5.74) is 6.66. The first-order valence-corrected chi connectivity index (χ1v) is 8.41. The molecule has 130 valence electrons. The number of hydrogen-bond donors (Lipinski definition) is 3. The van der Waals surface area contributed by atoms with Gasteiger partial charge in [-0.3, -0.25) is 14.4 Å². The molecule has 0 aromatic heterocycles. The summed E-state index contributed by atoms with van der Waals surface area (Å²) in [5.74, 6) is -1.49. The zero-order chi connectivity index (χ0) is 18.2. The number of carbonyl (C=O) groups is 3. The smallest absolute Gasteiger partial charge is 0.251 e. The Morgan fingerprint density at radius 3 is 2.40 bits per heavy atom. The van der Waals surface area contributed by atoms with Gasteiger partial charge in [0.15, 0.2) is 0 Å². The van der Waals surface area contributed by atoms with Gasteiger partial charge in [-0.25, -0.2) is 0 Å². The van der Waals surface area contributed by atoms with Crippen LogP contribution in [0.25, 0.3) is 0 Å². The molecule has 0 saturated heterocycles. The highest BCUT2D eigenvalue weighted by Gasteiger charge is 2.19. The van der Waals surface area contributed by atoms with E-state index in [4.69, 9.17) is 5.73 Å². The van der Waals surface area contributed by atoms with Gasteiger partial charge in [-0.2, -0.15) is 0 Å². The lowest BCUT2D eigenvalue weighted by atomic mass is 10.1. The van der Waals surface area contributed by atoms with Gasteiger partial charge in [0.1, 0.15) is 6.04 Å². The van der Waals surface area contributed by atoms with Crippen LogP contribution in [-0.4, -0.2) is 30.3 Å². The maximum Gasteiger partial charge on any atom is 0.251 e. The van der Waals surface area contributed by atoms with Gasteiger partial charge in [0.2, 0.25) is 11.8 Å². The van der Waals surface area contributed by atoms with Crippen molar-refractivity contribution in [2.75, 3.05) is 6.54 Å². The third-order valence-corrected chi connectivity index (χ3v) is 3.95. The van der Waals surface area contributed by atoms with Crippen molar-refractivity contribution in [2.24, 2.45) is 5.73 Å². The van der Waals surface area contributed by atoms with Crippen LogP contribution in [0, 0.1) is 0 Å². The number of nitrogens with one attached hydrogen (secondary N) is 2. The SMILES string of the molecule is NC(=O)C(Cc1ccccc1)NC(=O)CNC(=O)c1cccc(Br)c1. The normalized spacial score (nSPS) is 11.4. The highest BCUT2D eigenvalue weighted by molar-refractivity contribution is 9.10. The average molecular weight is 404 g/mol. The summed E-state index contributed by atoms with van der Waals surface area (Å²) >= 11 is 3.28. The maximum atomic E-state index is 12.0. The molecule has 1 unspecified atom stereocenters. The molecule has 0 fully saturated rings. The van der Waals surface area contributed by atoms with E-state index in [1.165, 1.54) is 0 Å². The Hall–Kier alpha value is -2.67. The summed E-state index contributed by atoms with van der Waals surface area (Å²) in [7, 11) is 0. The van der Waals surface area contributed by atoms with Crippen molar-refractivity contribution >= 4 is 33.7 Å². The summed E-state index contributed by atoms with van der Waals surface area (Å²) in [6, 6.07) is 15.2. The zero-order valence-electron chi connectivity index (χ0n) is 13.4. The van der Waals surface area contributed by atoms with E-state index in [1.807, 2.05) is 30.3 Å². The molecule has 0 heterocycles. The number of nitrogens with two attached hydrogens (primary N) is 1. The second kappa shape index (κ2) is 8.98. The minimum atomic E-state index is -0.835. The summed E-state index contributed by atoms with van der Waals surface area (Å²) in [6.45, 7) is -0.246. The summed E-state index contributed by atoms with van der Waals surface area (Å²) in [4.78, 5) is 35.6. The fourth-order valence-electron chi connectivity index (χ4n) is 2.21. The van der Waals surface area contributed by atoms with Crippen molar-refractivity contribution in [2.45, 2.75) is 12.5 Å². The van der Waals surface area contributed by atoms with Crippen molar-refractivity contribution in [3.8, 4) is 0 Å². The number of hydrogen-bond acceptors (Lipinski definition) is 3. The third kappa shape index (κ3) is 6.04. The molecule has 0 bridgehead atoms. The topological polar surface area (TPSA) is 101 Å². The quantitative estimate of drug-likeness (QED) is 0.650. The van der Waals surface area contributed by atoms with Gasteiger partial charge < -0.3 is 16.4 Å². The van der Waals surface area contributed by atoms with Crippen LogP contribution < -0.4 is 16.4 Å². The Kier molecular flexibility index (Phi) is 6.71. The molecule has 3 amide bonds. The Morgan fingerprint density at radius 2 is 1.76 bits per heavy atom. The standard InChI is InChI=1S/C18H18BrN3O3/c19-14-8-4-7-13(10-14)18(25)21-11-16(23)22-15(17(20)24)9-12-5-2-1-3-6-12/h1-8,10,15H,9,11H2,(H2,20,24)(H,21,25)(H,22,23). The van der Waals surface area contributed by atoms with E-state index in [9.17, 15) is 14.4 Å². The van der Waals surface area contributed by atoms with E-state index in [-0.39, 0.29) is 12.5 Å². The van der Waals surface area contributed by atoms with Crippen molar-refractivity contribution in [3.63, 3.8) is 0 Å². The highest BCUT2D eigenvalue weighted by Crippen LogP contribution is 2.11. The molecule has 7 heteroatoms.